The Balaban J connectivity index is 1.57. The van der Waals surface area contributed by atoms with E-state index in [9.17, 15) is 4.39 Å². The summed E-state index contributed by atoms with van der Waals surface area (Å²) < 4.78 is 21.8. The van der Waals surface area contributed by atoms with E-state index in [0.717, 1.165) is 14.9 Å². The van der Waals surface area contributed by atoms with Crippen LogP contribution in [0.5, 0.6) is 5.75 Å². The minimum atomic E-state index is -0.508. The summed E-state index contributed by atoms with van der Waals surface area (Å²) in [5.41, 5.74) is 1.91. The quantitative estimate of drug-likeness (QED) is 0.349. The van der Waals surface area contributed by atoms with E-state index in [1.807, 2.05) is 18.2 Å². The van der Waals surface area contributed by atoms with Gasteiger partial charge in [0.1, 0.15) is 11.6 Å². The van der Waals surface area contributed by atoms with Crippen molar-refractivity contribution in [3.8, 4) is 5.75 Å². The van der Waals surface area contributed by atoms with Crippen LogP contribution in [-0.2, 0) is 6.42 Å². The normalized spacial score (nSPS) is 18.2. The summed E-state index contributed by atoms with van der Waals surface area (Å²) in [5.74, 6) is 0.652. The Kier molecular flexibility index (Phi) is 5.19. The van der Waals surface area contributed by atoms with Gasteiger partial charge in [-0.2, -0.15) is 0 Å². The van der Waals surface area contributed by atoms with Crippen LogP contribution in [0.4, 0.5) is 4.39 Å². The van der Waals surface area contributed by atoms with Crippen molar-refractivity contribution in [1.82, 2.24) is 0 Å². The second-order valence-electron chi connectivity index (χ2n) is 7.23. The molecular formula is C22H15BrCl2FNOS. The SMILES string of the molecule is Fc1cc(Cl)cc2c1C(Cc1cc(Cl)ccc1Br)=NC(c1ccc(C3CC3)s1)O2. The number of halogens is 4. The standard InChI is InChI=1S/C22H15BrCl2FNOS/c23-15-4-3-13(24)7-12(15)8-17-21-16(26)9-14(25)10-18(21)28-22(27-17)20-6-5-19(29-20)11-1-2-11/h3-7,9-11,22H,1-2,8H2. The molecule has 1 aliphatic carbocycles. The lowest BCUT2D eigenvalue weighted by molar-refractivity contribution is 0.213. The topological polar surface area (TPSA) is 21.6 Å². The lowest BCUT2D eigenvalue weighted by Gasteiger charge is -2.25. The maximum absolute atomic E-state index is 14.8. The van der Waals surface area contributed by atoms with Crippen LogP contribution in [0.25, 0.3) is 0 Å². The molecule has 0 saturated heterocycles. The zero-order valence-corrected chi connectivity index (χ0v) is 19.0. The molecule has 1 saturated carbocycles. The number of fused-ring (bicyclic) bond motifs is 1. The molecule has 2 aliphatic rings. The van der Waals surface area contributed by atoms with Crippen LogP contribution >= 0.6 is 50.5 Å². The van der Waals surface area contributed by atoms with Crippen molar-refractivity contribution in [2.45, 2.75) is 31.4 Å². The fraction of sp³-hybridized carbons (Fsp3) is 0.227. The molecule has 1 aliphatic heterocycles. The first-order valence-electron chi connectivity index (χ1n) is 9.24. The van der Waals surface area contributed by atoms with Gasteiger partial charge in [-0.1, -0.05) is 39.1 Å². The highest BCUT2D eigenvalue weighted by Gasteiger charge is 2.30. The van der Waals surface area contributed by atoms with Gasteiger partial charge in [-0.05, 0) is 66.8 Å². The molecule has 2 heterocycles. The first-order chi connectivity index (χ1) is 14.0. The Morgan fingerprint density at radius 2 is 1.86 bits per heavy atom. The van der Waals surface area contributed by atoms with Crippen molar-refractivity contribution in [2.75, 3.05) is 0 Å². The minimum absolute atomic E-state index is 0.301. The Morgan fingerprint density at radius 1 is 1.07 bits per heavy atom. The Morgan fingerprint density at radius 3 is 2.66 bits per heavy atom. The van der Waals surface area contributed by atoms with Gasteiger partial charge in [-0.15, -0.1) is 11.3 Å². The fourth-order valence-electron chi connectivity index (χ4n) is 3.48. The van der Waals surface area contributed by atoms with Gasteiger partial charge < -0.3 is 4.74 Å². The van der Waals surface area contributed by atoms with Crippen LogP contribution in [0.2, 0.25) is 10.0 Å². The number of benzene rings is 2. The van der Waals surface area contributed by atoms with Crippen LogP contribution in [-0.4, -0.2) is 5.71 Å². The van der Waals surface area contributed by atoms with Gasteiger partial charge >= 0.3 is 0 Å². The summed E-state index contributed by atoms with van der Waals surface area (Å²) in [6.45, 7) is 0. The highest BCUT2D eigenvalue weighted by Crippen LogP contribution is 2.46. The Bertz CT molecular complexity index is 1140. The average Bonchev–Trinajstić information content (AvgIpc) is 3.40. The van der Waals surface area contributed by atoms with Gasteiger partial charge in [-0.25, -0.2) is 9.38 Å². The van der Waals surface area contributed by atoms with Gasteiger partial charge in [0.05, 0.1) is 16.2 Å². The van der Waals surface area contributed by atoms with Crippen molar-refractivity contribution in [3.05, 3.63) is 83.7 Å². The largest absolute Gasteiger partial charge is 0.463 e. The molecule has 2 aromatic carbocycles. The molecule has 1 atom stereocenters. The lowest BCUT2D eigenvalue weighted by atomic mass is 9.99. The number of ether oxygens (including phenoxy) is 1. The smallest absolute Gasteiger partial charge is 0.225 e. The number of thiophene rings is 1. The molecule has 2 nitrogen and oxygen atoms in total. The predicted molar refractivity (Wildman–Crippen MR) is 120 cm³/mol. The first kappa shape index (κ1) is 19.6. The van der Waals surface area contributed by atoms with Gasteiger partial charge in [0.2, 0.25) is 6.23 Å². The first-order valence-corrected chi connectivity index (χ1v) is 11.6. The molecule has 0 amide bonds. The molecule has 1 aromatic heterocycles. The molecule has 148 valence electrons. The zero-order valence-electron chi connectivity index (χ0n) is 15.1. The molecule has 0 radical (unpaired) electrons. The van der Waals surface area contributed by atoms with E-state index in [-0.39, 0.29) is 0 Å². The van der Waals surface area contributed by atoms with Crippen LogP contribution in [0.15, 0.2) is 51.9 Å². The molecule has 3 aromatic rings. The van der Waals surface area contributed by atoms with Gasteiger partial charge in [0.25, 0.3) is 0 Å². The predicted octanol–water partition coefficient (Wildman–Crippen LogP) is 7.96. The van der Waals surface area contributed by atoms with Crippen molar-refractivity contribution < 1.29 is 9.13 Å². The molecule has 5 rings (SSSR count). The molecule has 1 unspecified atom stereocenters. The minimum Gasteiger partial charge on any atom is -0.463 e. The summed E-state index contributed by atoms with van der Waals surface area (Å²) in [7, 11) is 0. The number of hydrogen-bond acceptors (Lipinski definition) is 3. The fourth-order valence-corrected chi connectivity index (χ4v) is 5.40. The molecule has 1 fully saturated rings. The van der Waals surface area contributed by atoms with Gasteiger partial charge in [-0.3, -0.25) is 0 Å². The maximum atomic E-state index is 14.8. The van der Waals surface area contributed by atoms with Crippen LogP contribution in [0.1, 0.15) is 45.9 Å². The average molecular weight is 511 g/mol. The maximum Gasteiger partial charge on any atom is 0.225 e. The van der Waals surface area contributed by atoms with E-state index in [1.165, 1.54) is 23.8 Å². The van der Waals surface area contributed by atoms with Crippen molar-refractivity contribution in [2.24, 2.45) is 4.99 Å². The number of rotatable bonds is 4. The lowest BCUT2D eigenvalue weighted by Crippen LogP contribution is -2.20. The van der Waals surface area contributed by atoms with E-state index in [4.69, 9.17) is 32.9 Å². The third kappa shape index (κ3) is 3.98. The summed E-state index contributed by atoms with van der Waals surface area (Å²) in [6.07, 6.45) is 2.40. The molecule has 0 bridgehead atoms. The van der Waals surface area contributed by atoms with E-state index in [2.05, 4.69) is 28.1 Å². The van der Waals surface area contributed by atoms with E-state index >= 15 is 0 Å². The second kappa shape index (κ2) is 7.69. The number of nitrogens with zero attached hydrogens (tertiary/aromatic N) is 1. The summed E-state index contributed by atoms with van der Waals surface area (Å²) in [5, 5.41) is 0.923. The monoisotopic (exact) mass is 509 g/mol. The highest BCUT2D eigenvalue weighted by molar-refractivity contribution is 9.10. The molecule has 7 heteroatoms. The molecule has 0 spiro atoms. The number of aliphatic imine (C=N–C) groups is 1. The summed E-state index contributed by atoms with van der Waals surface area (Å²) in [6, 6.07) is 12.7. The molecule has 29 heavy (non-hydrogen) atoms. The summed E-state index contributed by atoms with van der Waals surface area (Å²) in [4.78, 5) is 7.18. The highest BCUT2D eigenvalue weighted by atomic mass is 79.9. The van der Waals surface area contributed by atoms with E-state index < -0.39 is 12.0 Å². The van der Waals surface area contributed by atoms with Crippen LogP contribution in [0, 0.1) is 5.82 Å². The zero-order chi connectivity index (χ0) is 20.1. The second-order valence-corrected chi connectivity index (χ2v) is 10.1. The third-order valence-electron chi connectivity index (χ3n) is 5.06. The summed E-state index contributed by atoms with van der Waals surface area (Å²) >= 11 is 17.5. The van der Waals surface area contributed by atoms with Crippen LogP contribution < -0.4 is 4.74 Å². The van der Waals surface area contributed by atoms with Crippen molar-refractivity contribution in [3.63, 3.8) is 0 Å². The van der Waals surface area contributed by atoms with Crippen molar-refractivity contribution in [1.29, 1.82) is 0 Å². The molecule has 0 N–H and O–H groups in total. The van der Waals surface area contributed by atoms with Crippen molar-refractivity contribution >= 4 is 56.2 Å². The third-order valence-corrected chi connectivity index (χ3v) is 7.56. The van der Waals surface area contributed by atoms with Crippen LogP contribution in [0.3, 0.4) is 0 Å². The Labute approximate surface area is 190 Å². The number of hydrogen-bond donors (Lipinski definition) is 0. The van der Waals surface area contributed by atoms with E-state index in [1.54, 1.807) is 17.4 Å². The van der Waals surface area contributed by atoms with Gasteiger partial charge in [0.15, 0.2) is 0 Å². The molecular weight excluding hydrogens is 496 g/mol. The van der Waals surface area contributed by atoms with Gasteiger partial charge in [0, 0.05) is 25.8 Å². The Hall–Kier alpha value is -1.40. The van der Waals surface area contributed by atoms with E-state index in [0.29, 0.717) is 39.4 Å².